The molecule has 0 bridgehead atoms. The second-order valence-electron chi connectivity index (χ2n) is 4.43. The number of thioether (sulfide) groups is 1. The fourth-order valence-corrected chi connectivity index (χ4v) is 3.31. The zero-order chi connectivity index (χ0) is 11.9. The van der Waals surface area contributed by atoms with Gasteiger partial charge in [0.1, 0.15) is 5.75 Å². The minimum atomic E-state index is 0.728. The SMILES string of the molecule is COc1ccccc1SCC[C@@H]1CCCCN1. The van der Waals surface area contributed by atoms with Crippen molar-refractivity contribution in [3.63, 3.8) is 0 Å². The van der Waals surface area contributed by atoms with E-state index in [-0.39, 0.29) is 0 Å². The van der Waals surface area contributed by atoms with Gasteiger partial charge in [-0.1, -0.05) is 18.6 Å². The molecule has 0 unspecified atom stereocenters. The predicted molar refractivity (Wildman–Crippen MR) is 74.0 cm³/mol. The van der Waals surface area contributed by atoms with E-state index in [0.29, 0.717) is 0 Å². The molecule has 1 saturated heterocycles. The topological polar surface area (TPSA) is 21.3 Å². The number of rotatable bonds is 5. The molecular formula is C14H21NOS. The van der Waals surface area contributed by atoms with Crippen LogP contribution in [0, 0.1) is 0 Å². The summed E-state index contributed by atoms with van der Waals surface area (Å²) in [6.07, 6.45) is 5.32. The number of hydrogen-bond donors (Lipinski definition) is 1. The molecule has 3 heteroatoms. The Morgan fingerprint density at radius 3 is 3.00 bits per heavy atom. The Kier molecular flexibility index (Phi) is 5.20. The van der Waals surface area contributed by atoms with Gasteiger partial charge in [0, 0.05) is 10.9 Å². The summed E-state index contributed by atoms with van der Waals surface area (Å²) in [4.78, 5) is 1.26. The van der Waals surface area contributed by atoms with Gasteiger partial charge in [0.2, 0.25) is 0 Å². The summed E-state index contributed by atoms with van der Waals surface area (Å²) < 4.78 is 5.35. The predicted octanol–water partition coefficient (Wildman–Crippen LogP) is 3.32. The maximum atomic E-state index is 5.35. The first-order valence-electron chi connectivity index (χ1n) is 6.39. The van der Waals surface area contributed by atoms with Gasteiger partial charge in [-0.25, -0.2) is 0 Å². The summed E-state index contributed by atoms with van der Waals surface area (Å²) in [5, 5.41) is 3.59. The highest BCUT2D eigenvalue weighted by molar-refractivity contribution is 7.99. The Morgan fingerprint density at radius 1 is 1.35 bits per heavy atom. The monoisotopic (exact) mass is 251 g/mol. The summed E-state index contributed by atoms with van der Waals surface area (Å²) in [6.45, 7) is 1.20. The highest BCUT2D eigenvalue weighted by atomic mass is 32.2. The third-order valence-corrected chi connectivity index (χ3v) is 4.29. The van der Waals surface area contributed by atoms with E-state index in [4.69, 9.17) is 4.74 Å². The Labute approximate surface area is 108 Å². The van der Waals surface area contributed by atoms with Gasteiger partial charge in [-0.05, 0) is 43.7 Å². The van der Waals surface area contributed by atoms with Crippen molar-refractivity contribution in [3.05, 3.63) is 24.3 Å². The Balaban J connectivity index is 1.77. The quantitative estimate of drug-likeness (QED) is 0.811. The third kappa shape index (κ3) is 3.93. The van der Waals surface area contributed by atoms with Crippen LogP contribution in [0.2, 0.25) is 0 Å². The molecule has 1 fully saturated rings. The van der Waals surface area contributed by atoms with Gasteiger partial charge in [-0.2, -0.15) is 0 Å². The lowest BCUT2D eigenvalue weighted by Gasteiger charge is -2.23. The van der Waals surface area contributed by atoms with Crippen molar-refractivity contribution in [2.24, 2.45) is 0 Å². The maximum absolute atomic E-state index is 5.35. The summed E-state index contributed by atoms with van der Waals surface area (Å²) in [6, 6.07) is 8.99. The number of para-hydroxylation sites is 1. The largest absolute Gasteiger partial charge is 0.496 e. The van der Waals surface area contributed by atoms with Crippen molar-refractivity contribution in [2.45, 2.75) is 36.6 Å². The molecule has 0 amide bonds. The van der Waals surface area contributed by atoms with Crippen LogP contribution in [0.5, 0.6) is 5.75 Å². The highest BCUT2D eigenvalue weighted by Crippen LogP contribution is 2.29. The van der Waals surface area contributed by atoms with Gasteiger partial charge in [0.05, 0.1) is 7.11 Å². The fraction of sp³-hybridized carbons (Fsp3) is 0.571. The normalized spacial score (nSPS) is 20.2. The van der Waals surface area contributed by atoms with Crippen molar-refractivity contribution in [1.82, 2.24) is 5.32 Å². The van der Waals surface area contributed by atoms with Gasteiger partial charge in [0.15, 0.2) is 0 Å². The molecule has 0 spiro atoms. The van der Waals surface area contributed by atoms with Crippen molar-refractivity contribution >= 4 is 11.8 Å². The average Bonchev–Trinajstić information content (AvgIpc) is 2.40. The minimum Gasteiger partial charge on any atom is -0.496 e. The van der Waals surface area contributed by atoms with Crippen LogP contribution in [0.4, 0.5) is 0 Å². The van der Waals surface area contributed by atoms with Crippen LogP contribution in [-0.2, 0) is 0 Å². The van der Waals surface area contributed by atoms with Crippen molar-refractivity contribution in [3.8, 4) is 5.75 Å². The van der Waals surface area contributed by atoms with Crippen molar-refractivity contribution in [2.75, 3.05) is 19.4 Å². The molecule has 0 aliphatic carbocycles. The van der Waals surface area contributed by atoms with Gasteiger partial charge >= 0.3 is 0 Å². The van der Waals surface area contributed by atoms with Crippen LogP contribution >= 0.6 is 11.8 Å². The zero-order valence-electron chi connectivity index (χ0n) is 10.4. The van der Waals surface area contributed by atoms with Gasteiger partial charge < -0.3 is 10.1 Å². The van der Waals surface area contributed by atoms with Crippen LogP contribution in [0.15, 0.2) is 29.2 Å². The number of hydrogen-bond acceptors (Lipinski definition) is 3. The summed E-state index contributed by atoms with van der Waals surface area (Å²) in [5.74, 6) is 2.16. The first kappa shape index (κ1) is 12.8. The number of ether oxygens (including phenoxy) is 1. The van der Waals surface area contributed by atoms with Gasteiger partial charge in [-0.15, -0.1) is 11.8 Å². The molecule has 1 N–H and O–H groups in total. The summed E-state index contributed by atoms with van der Waals surface area (Å²) in [7, 11) is 1.74. The first-order chi connectivity index (χ1) is 8.40. The van der Waals surface area contributed by atoms with E-state index in [1.54, 1.807) is 7.11 Å². The van der Waals surface area contributed by atoms with E-state index in [0.717, 1.165) is 17.5 Å². The first-order valence-corrected chi connectivity index (χ1v) is 7.38. The smallest absolute Gasteiger partial charge is 0.132 e. The lowest BCUT2D eigenvalue weighted by atomic mass is 10.0. The molecule has 17 heavy (non-hydrogen) atoms. The Morgan fingerprint density at radius 2 is 2.24 bits per heavy atom. The third-order valence-electron chi connectivity index (χ3n) is 3.21. The molecule has 94 valence electrons. The lowest BCUT2D eigenvalue weighted by Crippen LogP contribution is -2.34. The zero-order valence-corrected chi connectivity index (χ0v) is 11.3. The number of benzene rings is 1. The molecule has 0 saturated carbocycles. The maximum Gasteiger partial charge on any atom is 0.132 e. The number of piperidine rings is 1. The second-order valence-corrected chi connectivity index (χ2v) is 5.57. The fourth-order valence-electron chi connectivity index (χ4n) is 2.22. The number of methoxy groups -OCH3 is 1. The molecule has 1 aromatic carbocycles. The van der Waals surface area contributed by atoms with Gasteiger partial charge in [-0.3, -0.25) is 0 Å². The van der Waals surface area contributed by atoms with Crippen LogP contribution in [0.1, 0.15) is 25.7 Å². The van der Waals surface area contributed by atoms with Crippen molar-refractivity contribution < 1.29 is 4.74 Å². The molecule has 1 aromatic rings. The number of nitrogens with one attached hydrogen (secondary N) is 1. The van der Waals surface area contributed by atoms with Crippen molar-refractivity contribution in [1.29, 1.82) is 0 Å². The van der Waals surface area contributed by atoms with Crippen LogP contribution in [0.3, 0.4) is 0 Å². The van der Waals surface area contributed by atoms with E-state index >= 15 is 0 Å². The molecule has 2 rings (SSSR count). The minimum absolute atomic E-state index is 0.728. The second kappa shape index (κ2) is 6.92. The molecule has 1 aliphatic heterocycles. The van der Waals surface area contributed by atoms with E-state index in [1.807, 2.05) is 23.9 Å². The van der Waals surface area contributed by atoms with E-state index in [2.05, 4.69) is 17.4 Å². The van der Waals surface area contributed by atoms with Crippen LogP contribution in [-0.4, -0.2) is 25.4 Å². The van der Waals surface area contributed by atoms with E-state index in [9.17, 15) is 0 Å². The summed E-state index contributed by atoms with van der Waals surface area (Å²) >= 11 is 1.90. The van der Waals surface area contributed by atoms with Crippen LogP contribution < -0.4 is 10.1 Å². The lowest BCUT2D eigenvalue weighted by molar-refractivity contribution is 0.394. The Hall–Kier alpha value is -0.670. The van der Waals surface area contributed by atoms with E-state index < -0.39 is 0 Å². The summed E-state index contributed by atoms with van der Waals surface area (Å²) in [5.41, 5.74) is 0. The standard InChI is InChI=1S/C14H21NOS/c1-16-13-7-2-3-8-14(13)17-11-9-12-6-4-5-10-15-12/h2-3,7-8,12,15H,4-6,9-11H2,1H3/t12-/m0/s1. The van der Waals surface area contributed by atoms with Crippen LogP contribution in [0.25, 0.3) is 0 Å². The Bertz CT molecular complexity index is 337. The van der Waals surface area contributed by atoms with E-state index in [1.165, 1.54) is 37.1 Å². The molecule has 0 aromatic heterocycles. The molecule has 1 atom stereocenters. The van der Waals surface area contributed by atoms with Gasteiger partial charge in [0.25, 0.3) is 0 Å². The average molecular weight is 251 g/mol. The molecular weight excluding hydrogens is 230 g/mol. The molecule has 2 nitrogen and oxygen atoms in total. The molecule has 1 heterocycles. The highest BCUT2D eigenvalue weighted by Gasteiger charge is 2.12. The molecule has 1 aliphatic rings. The molecule has 0 radical (unpaired) electrons.